The minimum Gasteiger partial charge on any atom is -0.449 e. The molecule has 1 saturated heterocycles. The molecule has 1 nitrogen and oxygen atoms in total. The van der Waals surface area contributed by atoms with Crippen LogP contribution in [0.25, 0.3) is 0 Å². The second-order valence-corrected chi connectivity index (χ2v) is 3.53. The largest absolute Gasteiger partial charge is 0.484 e. The van der Waals surface area contributed by atoms with Gasteiger partial charge in [-0.25, -0.2) is 0 Å². The molecule has 0 aromatic carbocycles. The van der Waals surface area contributed by atoms with E-state index in [1.54, 1.807) is 0 Å². The molecule has 2 atom stereocenters. The van der Waals surface area contributed by atoms with E-state index in [0.29, 0.717) is 13.0 Å². The Kier molecular flexibility index (Phi) is 1.32. The fourth-order valence-electron chi connectivity index (χ4n) is 1.98. The van der Waals surface area contributed by atoms with E-state index in [0.717, 1.165) is 0 Å². The van der Waals surface area contributed by atoms with Crippen molar-refractivity contribution < 1.29 is 17.7 Å². The predicted molar refractivity (Wildman–Crippen MR) is 35.3 cm³/mol. The summed E-state index contributed by atoms with van der Waals surface area (Å²) in [5, 5.41) is -1.28. The summed E-state index contributed by atoms with van der Waals surface area (Å²) < 4.78 is 42.1. The first-order valence-corrected chi connectivity index (χ1v) is 3.83. The van der Waals surface area contributed by atoms with Gasteiger partial charge >= 0.3 is 6.98 Å². The molecule has 0 unspecified atom stereocenters. The van der Waals surface area contributed by atoms with Crippen LogP contribution in [-0.2, 0) is 4.74 Å². The zero-order chi connectivity index (χ0) is 8.11. The van der Waals surface area contributed by atoms with Gasteiger partial charge in [-0.15, -0.1) is 0 Å². The summed E-state index contributed by atoms with van der Waals surface area (Å²) in [5.41, 5.74) is 0. The molecule has 1 aliphatic carbocycles. The number of hydrogen-bond acceptors (Lipinski definition) is 1. The van der Waals surface area contributed by atoms with Crippen LogP contribution in [0.2, 0.25) is 5.31 Å². The van der Waals surface area contributed by atoms with Crippen molar-refractivity contribution in [2.45, 2.75) is 18.2 Å². The van der Waals surface area contributed by atoms with Crippen molar-refractivity contribution in [1.82, 2.24) is 0 Å². The molecule has 0 aromatic rings. The van der Waals surface area contributed by atoms with E-state index >= 15 is 0 Å². The number of hydrogen-bond donors (Lipinski definition) is 0. The summed E-state index contributed by atoms with van der Waals surface area (Å²) in [6.07, 6.45) is 0.512. The molecular weight excluding hydrogens is 156 g/mol. The first-order chi connectivity index (χ1) is 5.06. The highest BCUT2D eigenvalue weighted by atomic mass is 19.4. The Morgan fingerprint density at radius 1 is 1.36 bits per heavy atom. The third kappa shape index (κ3) is 0.899. The summed E-state index contributed by atoms with van der Waals surface area (Å²) in [4.78, 5) is 0. The van der Waals surface area contributed by atoms with Gasteiger partial charge in [0, 0.05) is 13.2 Å². The van der Waals surface area contributed by atoms with E-state index in [-0.39, 0.29) is 18.9 Å². The highest BCUT2D eigenvalue weighted by molar-refractivity contribution is 6.63. The van der Waals surface area contributed by atoms with Gasteiger partial charge in [0.15, 0.2) is 0 Å². The molecule has 1 saturated carbocycles. The molecule has 2 rings (SSSR count). The van der Waals surface area contributed by atoms with Gasteiger partial charge in [-0.1, -0.05) is 11.7 Å². The summed E-state index contributed by atoms with van der Waals surface area (Å²) in [5.74, 6) is -0.212. The summed E-state index contributed by atoms with van der Waals surface area (Å²) in [7, 11) is 0. The van der Waals surface area contributed by atoms with E-state index in [2.05, 4.69) is 0 Å². The minimum atomic E-state index is -4.62. The summed E-state index contributed by atoms with van der Waals surface area (Å²) in [6.45, 7) is -4.01. The molecular formula is C6H9BF3O-. The van der Waals surface area contributed by atoms with E-state index in [1.807, 2.05) is 0 Å². The first-order valence-electron chi connectivity index (χ1n) is 3.83. The maximum atomic E-state index is 12.4. The van der Waals surface area contributed by atoms with Crippen LogP contribution in [-0.4, -0.2) is 20.2 Å². The molecule has 11 heavy (non-hydrogen) atoms. The van der Waals surface area contributed by atoms with Gasteiger partial charge in [0.05, 0.1) is 0 Å². The Morgan fingerprint density at radius 3 is 2.55 bits per heavy atom. The summed E-state index contributed by atoms with van der Waals surface area (Å²) >= 11 is 0. The van der Waals surface area contributed by atoms with Crippen molar-refractivity contribution in [1.29, 1.82) is 0 Å². The highest BCUT2D eigenvalue weighted by Gasteiger charge is 2.65. The topological polar surface area (TPSA) is 9.23 Å². The van der Waals surface area contributed by atoms with E-state index in [9.17, 15) is 12.9 Å². The van der Waals surface area contributed by atoms with Gasteiger partial charge < -0.3 is 17.7 Å². The van der Waals surface area contributed by atoms with Crippen LogP contribution in [0, 0.1) is 5.92 Å². The van der Waals surface area contributed by atoms with Crippen LogP contribution in [0.5, 0.6) is 0 Å². The Labute approximate surface area is 63.0 Å². The Hall–Kier alpha value is -0.185. The lowest BCUT2D eigenvalue weighted by Crippen LogP contribution is -2.31. The van der Waals surface area contributed by atoms with E-state index < -0.39 is 12.3 Å². The van der Waals surface area contributed by atoms with Crippen LogP contribution in [0.3, 0.4) is 0 Å². The van der Waals surface area contributed by atoms with Crippen molar-refractivity contribution >= 4 is 6.98 Å². The lowest BCUT2D eigenvalue weighted by atomic mass is 9.65. The number of halogens is 3. The van der Waals surface area contributed by atoms with Gasteiger partial charge in [-0.2, -0.15) is 0 Å². The molecule has 1 heterocycles. The van der Waals surface area contributed by atoms with Crippen molar-refractivity contribution in [2.75, 3.05) is 13.2 Å². The molecule has 0 aromatic heterocycles. The van der Waals surface area contributed by atoms with Crippen LogP contribution in [0.15, 0.2) is 0 Å². The standard InChI is InChI=1S/C6H9BF3O/c8-7(9,10)6-1-2-11-4-5(6)3-6/h5H,1-4H2/q-1/t5-,6+/m0/s1. The molecule has 0 bridgehead atoms. The fraction of sp³-hybridized carbons (Fsp3) is 1.00. The SMILES string of the molecule is F[B-](F)(F)[C@@]12CCOC[C@@H]1C2. The molecule has 5 heteroatoms. The highest BCUT2D eigenvalue weighted by Crippen LogP contribution is 2.70. The quantitative estimate of drug-likeness (QED) is 0.540. The van der Waals surface area contributed by atoms with Gasteiger partial charge in [0.25, 0.3) is 0 Å². The minimum absolute atomic E-state index is 0.196. The number of ether oxygens (including phenoxy) is 1. The molecule has 2 fully saturated rings. The Morgan fingerprint density at radius 2 is 2.09 bits per heavy atom. The Balaban J connectivity index is 2.13. The van der Waals surface area contributed by atoms with Crippen molar-refractivity contribution in [3.05, 3.63) is 0 Å². The Bertz CT molecular complexity index is 181. The van der Waals surface area contributed by atoms with Crippen LogP contribution >= 0.6 is 0 Å². The van der Waals surface area contributed by atoms with E-state index in [1.165, 1.54) is 0 Å². The lowest BCUT2D eigenvalue weighted by Gasteiger charge is -2.30. The third-order valence-corrected chi connectivity index (χ3v) is 2.96. The maximum absolute atomic E-state index is 12.4. The molecule has 0 N–H and O–H groups in total. The van der Waals surface area contributed by atoms with Gasteiger partial charge in [-0.05, 0) is 12.3 Å². The fourth-order valence-corrected chi connectivity index (χ4v) is 1.98. The van der Waals surface area contributed by atoms with Crippen molar-refractivity contribution in [3.63, 3.8) is 0 Å². The molecule has 0 radical (unpaired) electrons. The lowest BCUT2D eigenvalue weighted by molar-refractivity contribution is 0.0844. The maximum Gasteiger partial charge on any atom is 0.484 e. The molecule has 1 aliphatic heterocycles. The molecule has 0 amide bonds. The average Bonchev–Trinajstić information content (AvgIpc) is 2.59. The van der Waals surface area contributed by atoms with Crippen molar-refractivity contribution in [3.8, 4) is 0 Å². The molecule has 0 spiro atoms. The van der Waals surface area contributed by atoms with Crippen LogP contribution in [0.1, 0.15) is 12.8 Å². The van der Waals surface area contributed by atoms with Gasteiger partial charge in [-0.3, -0.25) is 0 Å². The third-order valence-electron chi connectivity index (χ3n) is 2.96. The molecule has 64 valence electrons. The van der Waals surface area contributed by atoms with Crippen LogP contribution < -0.4 is 0 Å². The van der Waals surface area contributed by atoms with E-state index in [4.69, 9.17) is 4.74 Å². The number of rotatable bonds is 1. The van der Waals surface area contributed by atoms with Crippen molar-refractivity contribution in [2.24, 2.45) is 5.92 Å². The van der Waals surface area contributed by atoms with Crippen LogP contribution in [0.4, 0.5) is 12.9 Å². The first kappa shape index (κ1) is 7.46. The zero-order valence-electron chi connectivity index (χ0n) is 6.03. The second-order valence-electron chi connectivity index (χ2n) is 3.53. The summed E-state index contributed by atoms with van der Waals surface area (Å²) in [6, 6.07) is 0. The van der Waals surface area contributed by atoms with Gasteiger partial charge in [0.2, 0.25) is 0 Å². The normalized spacial score (nSPS) is 43.4. The average molecular weight is 165 g/mol. The monoisotopic (exact) mass is 165 g/mol. The zero-order valence-corrected chi connectivity index (χ0v) is 6.03. The molecule has 2 aliphatic rings. The van der Waals surface area contributed by atoms with Gasteiger partial charge in [0.1, 0.15) is 0 Å². The predicted octanol–water partition coefficient (Wildman–Crippen LogP) is 2.01. The second kappa shape index (κ2) is 1.94. The number of fused-ring (bicyclic) bond motifs is 1. The smallest absolute Gasteiger partial charge is 0.449 e.